The zero-order valence-corrected chi connectivity index (χ0v) is 28.2. The van der Waals surface area contributed by atoms with Crippen LogP contribution in [0.2, 0.25) is 0 Å². The van der Waals surface area contributed by atoms with E-state index in [1.54, 1.807) is 18.2 Å². The molecular formula is C35H46F2N5O3P. The van der Waals surface area contributed by atoms with E-state index < -0.39 is 13.3 Å². The van der Waals surface area contributed by atoms with Crippen molar-refractivity contribution in [3.05, 3.63) is 46.9 Å². The summed E-state index contributed by atoms with van der Waals surface area (Å²) in [5.41, 5.74) is 3.09. The second-order valence-electron chi connectivity index (χ2n) is 14.3. The third-order valence-electron chi connectivity index (χ3n) is 10.9. The molecule has 0 radical (unpaired) electrons. The number of alkyl halides is 1. The van der Waals surface area contributed by atoms with Gasteiger partial charge in [0, 0.05) is 61.0 Å². The van der Waals surface area contributed by atoms with Crippen molar-refractivity contribution in [2.24, 2.45) is 0 Å². The molecule has 3 saturated heterocycles. The molecule has 0 amide bonds. The molecule has 2 aromatic carbocycles. The first kappa shape index (κ1) is 31.6. The minimum Gasteiger partial charge on any atom is -0.508 e. The molecule has 3 fully saturated rings. The topological polar surface area (TPSA) is 82.0 Å². The second-order valence-corrected chi connectivity index (χ2v) is 17.9. The molecule has 4 aliphatic rings. The van der Waals surface area contributed by atoms with Gasteiger partial charge in [-0.15, -0.1) is 0 Å². The molecule has 0 spiro atoms. The standard InChI is InChI=1S/C35H46F2N5O3P/c1-4-27-29(37)10-9-23-16-25(43)17-31(32(23)27)40-15-11-28-30(21-40)38-34(45-22-35-12-7-14-42(35)19-24(36)18-35)39-33(28)41-13-6-5-8-26(20-41)46(2,3)44/h9-10,16-17,24,26,43H,4-8,11-15,18-22H2,1-3H3/t24-,26?,35+/m1/s1. The van der Waals surface area contributed by atoms with E-state index in [2.05, 4.69) is 14.7 Å². The van der Waals surface area contributed by atoms with Gasteiger partial charge >= 0.3 is 6.01 Å². The highest BCUT2D eigenvalue weighted by Crippen LogP contribution is 2.47. The van der Waals surface area contributed by atoms with Gasteiger partial charge in [-0.2, -0.15) is 9.97 Å². The van der Waals surface area contributed by atoms with Crippen LogP contribution >= 0.6 is 7.14 Å². The van der Waals surface area contributed by atoms with Crippen molar-refractivity contribution in [3.8, 4) is 11.8 Å². The summed E-state index contributed by atoms with van der Waals surface area (Å²) >= 11 is 0. The monoisotopic (exact) mass is 653 g/mol. The van der Waals surface area contributed by atoms with Crippen molar-refractivity contribution in [1.82, 2.24) is 14.9 Å². The number of hydrogen-bond acceptors (Lipinski definition) is 8. The van der Waals surface area contributed by atoms with Gasteiger partial charge in [0.25, 0.3) is 0 Å². The lowest BCUT2D eigenvalue weighted by molar-refractivity contribution is 0.107. The molecule has 8 nitrogen and oxygen atoms in total. The number of rotatable bonds is 7. The van der Waals surface area contributed by atoms with Gasteiger partial charge in [-0.25, -0.2) is 8.78 Å². The summed E-state index contributed by atoms with van der Waals surface area (Å²) in [6, 6.07) is 6.90. The van der Waals surface area contributed by atoms with E-state index in [0.717, 1.165) is 78.7 Å². The van der Waals surface area contributed by atoms with Crippen molar-refractivity contribution in [1.29, 1.82) is 0 Å². The van der Waals surface area contributed by atoms with Crippen molar-refractivity contribution in [2.45, 2.75) is 82.2 Å². The molecule has 46 heavy (non-hydrogen) atoms. The van der Waals surface area contributed by atoms with E-state index in [1.807, 2.05) is 20.3 Å². The fraction of sp³-hybridized carbons (Fsp3) is 0.600. The van der Waals surface area contributed by atoms with E-state index in [9.17, 15) is 14.1 Å². The molecule has 1 N–H and O–H groups in total. The summed E-state index contributed by atoms with van der Waals surface area (Å²) in [4.78, 5) is 16.7. The Kier molecular flexibility index (Phi) is 8.41. The molecule has 0 bridgehead atoms. The largest absolute Gasteiger partial charge is 0.508 e. The summed E-state index contributed by atoms with van der Waals surface area (Å²) in [6.45, 7) is 10.00. The number of halogens is 2. The first-order valence-corrected chi connectivity index (χ1v) is 19.6. The van der Waals surface area contributed by atoms with Crippen LogP contribution in [0.3, 0.4) is 0 Å². The van der Waals surface area contributed by atoms with Crippen LogP contribution < -0.4 is 14.5 Å². The minimum atomic E-state index is -2.32. The number of phenolic OH excluding ortho intramolecular Hbond substituents is 1. The van der Waals surface area contributed by atoms with Crippen LogP contribution in [-0.2, 0) is 24.0 Å². The first-order chi connectivity index (χ1) is 22.0. The summed E-state index contributed by atoms with van der Waals surface area (Å²) in [6.07, 6.45) is 5.71. The fourth-order valence-corrected chi connectivity index (χ4v) is 9.85. The summed E-state index contributed by atoms with van der Waals surface area (Å²) in [5.74, 6) is 0.732. The van der Waals surface area contributed by atoms with Crippen LogP contribution in [-0.4, -0.2) is 90.0 Å². The number of anilines is 2. The molecule has 248 valence electrons. The Morgan fingerprint density at radius 2 is 1.93 bits per heavy atom. The van der Waals surface area contributed by atoms with Crippen molar-refractivity contribution < 1.29 is 23.2 Å². The van der Waals surface area contributed by atoms with Gasteiger partial charge < -0.3 is 24.2 Å². The Balaban J connectivity index is 1.27. The van der Waals surface area contributed by atoms with E-state index in [-0.39, 0.29) is 28.8 Å². The predicted octanol–water partition coefficient (Wildman–Crippen LogP) is 6.54. The van der Waals surface area contributed by atoms with Crippen LogP contribution in [0.1, 0.15) is 62.3 Å². The maximum Gasteiger partial charge on any atom is 0.318 e. The van der Waals surface area contributed by atoms with Gasteiger partial charge in [-0.1, -0.05) is 19.4 Å². The number of ether oxygens (including phenoxy) is 1. The Morgan fingerprint density at radius 1 is 1.09 bits per heavy atom. The molecule has 3 aromatic rings. The quantitative estimate of drug-likeness (QED) is 0.288. The number of aryl methyl sites for hydroxylation is 1. The number of fused-ring (bicyclic) bond motifs is 3. The van der Waals surface area contributed by atoms with Crippen LogP contribution in [0.15, 0.2) is 24.3 Å². The molecule has 7 rings (SSSR count). The van der Waals surface area contributed by atoms with Gasteiger partial charge in [0.15, 0.2) is 0 Å². The van der Waals surface area contributed by atoms with Crippen molar-refractivity contribution in [3.63, 3.8) is 0 Å². The maximum absolute atomic E-state index is 15.0. The minimum absolute atomic E-state index is 0.0944. The molecule has 11 heteroatoms. The second kappa shape index (κ2) is 12.2. The number of aromatic hydroxyl groups is 1. The van der Waals surface area contributed by atoms with Crippen LogP contribution in [0.4, 0.5) is 20.3 Å². The Hall–Kier alpha value is -2.97. The number of nitrogens with zero attached hydrogens (tertiary/aromatic N) is 5. The van der Waals surface area contributed by atoms with E-state index in [1.165, 1.54) is 6.07 Å². The molecular weight excluding hydrogens is 607 g/mol. The van der Waals surface area contributed by atoms with Crippen molar-refractivity contribution in [2.75, 3.05) is 62.5 Å². The first-order valence-electron chi connectivity index (χ1n) is 16.9. The number of hydrogen-bond donors (Lipinski definition) is 1. The van der Waals surface area contributed by atoms with E-state index in [4.69, 9.17) is 14.7 Å². The lowest BCUT2D eigenvalue weighted by Crippen LogP contribution is -2.43. The van der Waals surface area contributed by atoms with Crippen molar-refractivity contribution >= 4 is 29.4 Å². The number of aromatic nitrogens is 2. The summed E-state index contributed by atoms with van der Waals surface area (Å²) < 4.78 is 49.3. The van der Waals surface area contributed by atoms with E-state index in [0.29, 0.717) is 57.6 Å². The van der Waals surface area contributed by atoms with E-state index >= 15 is 4.39 Å². The maximum atomic E-state index is 15.0. The van der Waals surface area contributed by atoms with Gasteiger partial charge in [0.2, 0.25) is 0 Å². The van der Waals surface area contributed by atoms with Gasteiger partial charge in [0.05, 0.1) is 24.9 Å². The lowest BCUT2D eigenvalue weighted by Gasteiger charge is -2.35. The summed E-state index contributed by atoms with van der Waals surface area (Å²) in [7, 11) is -2.32. The van der Waals surface area contributed by atoms with Crippen LogP contribution in [0.25, 0.3) is 10.8 Å². The average molecular weight is 654 g/mol. The Labute approximate surface area is 270 Å². The highest BCUT2D eigenvalue weighted by Gasteiger charge is 2.49. The normalized spacial score (nSPS) is 25.5. The smallest absolute Gasteiger partial charge is 0.318 e. The molecule has 5 heterocycles. The molecule has 0 saturated carbocycles. The number of benzene rings is 2. The zero-order valence-electron chi connectivity index (χ0n) is 27.3. The Morgan fingerprint density at radius 3 is 2.74 bits per heavy atom. The van der Waals surface area contributed by atoms with Crippen LogP contribution in [0.5, 0.6) is 11.8 Å². The molecule has 1 aromatic heterocycles. The average Bonchev–Trinajstić information content (AvgIpc) is 3.41. The fourth-order valence-electron chi connectivity index (χ4n) is 8.46. The summed E-state index contributed by atoms with van der Waals surface area (Å²) in [5, 5.41) is 12.3. The molecule has 0 aliphatic carbocycles. The van der Waals surface area contributed by atoms with Crippen LogP contribution in [0, 0.1) is 5.82 Å². The lowest BCUT2D eigenvalue weighted by atomic mass is 9.95. The third kappa shape index (κ3) is 5.85. The highest BCUT2D eigenvalue weighted by molar-refractivity contribution is 7.63. The Bertz CT molecular complexity index is 1680. The van der Waals surface area contributed by atoms with Gasteiger partial charge in [0.1, 0.15) is 30.2 Å². The number of phenols is 1. The van der Waals surface area contributed by atoms with Gasteiger partial charge in [-0.3, -0.25) is 4.90 Å². The molecule has 1 unspecified atom stereocenters. The third-order valence-corrected chi connectivity index (χ3v) is 13.1. The SMILES string of the molecule is CCc1c(F)ccc2cc(O)cc(N3CCc4c(nc(OC[C@@]56CCCN5C[C@H](F)C6)nc4N4CCCCC(P(C)(C)=O)C4)C3)c12. The van der Waals surface area contributed by atoms with Gasteiger partial charge in [-0.05, 0) is 81.5 Å². The molecule has 3 atom stereocenters. The highest BCUT2D eigenvalue weighted by atomic mass is 31.2. The zero-order chi connectivity index (χ0) is 32.2. The predicted molar refractivity (Wildman–Crippen MR) is 180 cm³/mol. The molecule has 4 aliphatic heterocycles.